The Kier molecular flexibility index (Phi) is 12.4. The van der Waals surface area contributed by atoms with E-state index in [0.29, 0.717) is 31.0 Å². The lowest BCUT2D eigenvalue weighted by molar-refractivity contribution is -0.138. The minimum absolute atomic E-state index is 0.0471. The number of aromatic nitrogens is 2. The third kappa shape index (κ3) is 9.53. The Morgan fingerprint density at radius 1 is 0.812 bits per heavy atom. The zero-order valence-corrected chi connectivity index (χ0v) is 28.2. The number of anilines is 2. The highest BCUT2D eigenvalue weighted by Gasteiger charge is 2.36. The van der Waals surface area contributed by atoms with E-state index in [1.165, 1.54) is 5.56 Å². The van der Waals surface area contributed by atoms with Gasteiger partial charge in [-0.3, -0.25) is 28.8 Å². The molecule has 0 spiro atoms. The van der Waals surface area contributed by atoms with Crippen molar-refractivity contribution in [2.24, 2.45) is 18.9 Å². The highest BCUT2D eigenvalue weighted by atomic mass is 16.2. The van der Waals surface area contributed by atoms with Crippen LogP contribution in [0, 0.1) is 11.8 Å². The molecule has 3 aromatic rings. The number of amides is 4. The lowest BCUT2D eigenvalue weighted by atomic mass is 9.84. The summed E-state index contributed by atoms with van der Waals surface area (Å²) in [7, 11) is 1.75. The van der Waals surface area contributed by atoms with Crippen molar-refractivity contribution in [1.82, 2.24) is 24.9 Å². The van der Waals surface area contributed by atoms with Crippen LogP contribution in [-0.2, 0) is 39.2 Å². The Bertz CT molecular complexity index is 1510. The van der Waals surface area contributed by atoms with Crippen molar-refractivity contribution in [2.45, 2.75) is 70.9 Å². The van der Waals surface area contributed by atoms with Crippen LogP contribution in [0.2, 0.25) is 0 Å². The summed E-state index contributed by atoms with van der Waals surface area (Å²) in [5, 5.41) is 12.9. The maximum Gasteiger partial charge on any atom is 0.245 e. The lowest BCUT2D eigenvalue weighted by Crippen LogP contribution is -2.55. The fourth-order valence-corrected chi connectivity index (χ4v) is 6.76. The number of hydrogen-bond acceptors (Lipinski definition) is 6. The normalized spacial score (nSPS) is 17.2. The fraction of sp³-hybridized carbons (Fsp3) is 0.486. The Morgan fingerprint density at radius 2 is 1.48 bits per heavy atom. The maximum absolute atomic E-state index is 13.7. The van der Waals surface area contributed by atoms with Gasteiger partial charge in [0.1, 0.15) is 17.8 Å². The summed E-state index contributed by atoms with van der Waals surface area (Å²) in [5.74, 6) is -1.25. The molecule has 2 heterocycles. The molecule has 2 aromatic carbocycles. The summed E-state index contributed by atoms with van der Waals surface area (Å²) >= 11 is 0. The lowest BCUT2D eigenvalue weighted by Gasteiger charge is -2.36. The van der Waals surface area contributed by atoms with Crippen molar-refractivity contribution in [2.75, 3.05) is 36.8 Å². The largest absolute Gasteiger partial charge is 0.344 e. The Morgan fingerprint density at radius 3 is 2.10 bits per heavy atom. The number of nitrogens with one attached hydrogen (secondary N) is 3. The number of hydrogen-bond donors (Lipinski definition) is 3. The van der Waals surface area contributed by atoms with E-state index >= 15 is 0 Å². The Labute approximate surface area is 283 Å². The van der Waals surface area contributed by atoms with E-state index in [-0.39, 0.29) is 36.0 Å². The van der Waals surface area contributed by atoms with Crippen molar-refractivity contribution < 1.29 is 19.2 Å². The molecule has 1 aromatic heterocycles. The Hall–Kier alpha value is -4.51. The smallest absolute Gasteiger partial charge is 0.245 e. The highest BCUT2D eigenvalue weighted by molar-refractivity contribution is 6.10. The van der Waals surface area contributed by atoms with Crippen molar-refractivity contribution in [3.63, 3.8) is 0 Å². The van der Waals surface area contributed by atoms with Gasteiger partial charge in [0.05, 0.1) is 6.20 Å². The molecule has 1 aliphatic carbocycles. The molecule has 48 heavy (non-hydrogen) atoms. The minimum atomic E-state index is -0.836. The molecule has 2 atom stereocenters. The van der Waals surface area contributed by atoms with Crippen LogP contribution >= 0.6 is 0 Å². The zero-order valence-electron chi connectivity index (χ0n) is 28.2. The van der Waals surface area contributed by atoms with Crippen molar-refractivity contribution in [3.8, 4) is 0 Å². The number of nitrogens with zero attached hydrogens (tertiary/aromatic N) is 4. The van der Waals surface area contributed by atoms with Crippen LogP contribution in [-0.4, -0.2) is 75.4 Å². The zero-order chi connectivity index (χ0) is 33.9. The highest BCUT2D eigenvalue weighted by Crippen LogP contribution is 2.31. The second-order valence-corrected chi connectivity index (χ2v) is 13.0. The second kappa shape index (κ2) is 17.1. The Balaban J connectivity index is 1.21. The number of rotatable bonds is 12. The molecular formula is C37H49N7O4. The molecule has 4 amide bonds. The van der Waals surface area contributed by atoms with E-state index in [9.17, 15) is 19.2 Å². The summed E-state index contributed by atoms with van der Waals surface area (Å²) in [6.45, 7) is 5.36. The van der Waals surface area contributed by atoms with Gasteiger partial charge in [0.25, 0.3) is 0 Å². The van der Waals surface area contributed by atoms with E-state index in [1.807, 2.05) is 35.2 Å². The number of carbonyl (C=O) groups is 4. The number of benzene rings is 2. The molecular weight excluding hydrogens is 606 g/mol. The van der Waals surface area contributed by atoms with Crippen LogP contribution < -0.4 is 16.0 Å². The molecule has 11 nitrogen and oxygen atoms in total. The third-order valence-corrected chi connectivity index (χ3v) is 9.56. The summed E-state index contributed by atoms with van der Waals surface area (Å²) in [6, 6.07) is 18.7. The third-order valence-electron chi connectivity index (χ3n) is 9.56. The number of piperazine rings is 1. The van der Waals surface area contributed by atoms with Gasteiger partial charge in [0.2, 0.25) is 23.6 Å². The summed E-state index contributed by atoms with van der Waals surface area (Å²) in [4.78, 5) is 57.5. The van der Waals surface area contributed by atoms with Crippen LogP contribution in [0.4, 0.5) is 11.5 Å². The van der Waals surface area contributed by atoms with Gasteiger partial charge in [-0.25, -0.2) is 0 Å². The van der Waals surface area contributed by atoms with E-state index in [4.69, 9.17) is 0 Å². The van der Waals surface area contributed by atoms with Crippen molar-refractivity contribution in [1.29, 1.82) is 0 Å². The standard InChI is InChI=1S/C37H49N7O4/c1-3-33(45)40-31(37(48)44-23-21-43(22-24-44)26-28-11-7-6-8-12-28)25-27-15-17-30(18-16-27)39-35(46)34(29-13-9-4-5-10-14-29)36(47)41-32-19-20-38-42(32)2/h6-8,11-12,15-20,29,31,34H,3-5,9-10,13-14,21-26H2,1-2H3,(H,39,46)(H,40,45)(H,41,47)/t31-,34+/m1/s1. The van der Waals surface area contributed by atoms with Gasteiger partial charge in [0.15, 0.2) is 0 Å². The minimum Gasteiger partial charge on any atom is -0.344 e. The molecule has 0 unspecified atom stereocenters. The predicted molar refractivity (Wildman–Crippen MR) is 186 cm³/mol. The average molecular weight is 656 g/mol. The van der Waals surface area contributed by atoms with E-state index in [2.05, 4.69) is 38.1 Å². The van der Waals surface area contributed by atoms with Gasteiger partial charge in [-0.2, -0.15) is 5.10 Å². The van der Waals surface area contributed by atoms with Gasteiger partial charge in [0, 0.05) is 64.4 Å². The molecule has 2 fully saturated rings. The van der Waals surface area contributed by atoms with Gasteiger partial charge in [-0.1, -0.05) is 75.1 Å². The molecule has 3 N–H and O–H groups in total. The fourth-order valence-electron chi connectivity index (χ4n) is 6.76. The van der Waals surface area contributed by atoms with Gasteiger partial charge >= 0.3 is 0 Å². The summed E-state index contributed by atoms with van der Waals surface area (Å²) in [6.07, 6.45) is 8.12. The molecule has 1 saturated carbocycles. The van der Waals surface area contributed by atoms with E-state index < -0.39 is 12.0 Å². The van der Waals surface area contributed by atoms with Crippen LogP contribution in [0.25, 0.3) is 0 Å². The number of carbonyl (C=O) groups excluding carboxylic acids is 4. The first kappa shape index (κ1) is 34.8. The quantitative estimate of drug-likeness (QED) is 0.197. The molecule has 5 rings (SSSR count). The second-order valence-electron chi connectivity index (χ2n) is 13.0. The first-order valence-electron chi connectivity index (χ1n) is 17.3. The van der Waals surface area contributed by atoms with E-state index in [0.717, 1.165) is 63.7 Å². The molecule has 1 saturated heterocycles. The average Bonchev–Trinajstić information content (AvgIpc) is 3.31. The van der Waals surface area contributed by atoms with Crippen molar-refractivity contribution in [3.05, 3.63) is 78.0 Å². The van der Waals surface area contributed by atoms with Crippen LogP contribution in [0.5, 0.6) is 0 Å². The monoisotopic (exact) mass is 655 g/mol. The summed E-state index contributed by atoms with van der Waals surface area (Å²) < 4.78 is 1.57. The maximum atomic E-state index is 13.7. The van der Waals surface area contributed by atoms with Gasteiger partial charge in [-0.05, 0) is 42.0 Å². The molecule has 1 aliphatic heterocycles. The van der Waals surface area contributed by atoms with Crippen LogP contribution in [0.1, 0.15) is 63.0 Å². The number of aryl methyl sites for hydroxylation is 1. The topological polar surface area (TPSA) is 129 Å². The molecule has 2 aliphatic rings. The van der Waals surface area contributed by atoms with Crippen LogP contribution in [0.15, 0.2) is 66.9 Å². The molecule has 0 bridgehead atoms. The first-order chi connectivity index (χ1) is 23.3. The van der Waals surface area contributed by atoms with Crippen molar-refractivity contribution >= 4 is 35.1 Å². The molecule has 0 radical (unpaired) electrons. The van der Waals surface area contributed by atoms with Gasteiger partial charge in [-0.15, -0.1) is 0 Å². The molecule has 11 heteroatoms. The first-order valence-corrected chi connectivity index (χ1v) is 17.3. The predicted octanol–water partition coefficient (Wildman–Crippen LogP) is 4.37. The van der Waals surface area contributed by atoms with Gasteiger partial charge < -0.3 is 20.9 Å². The molecule has 256 valence electrons. The van der Waals surface area contributed by atoms with E-state index in [1.54, 1.807) is 43.0 Å². The summed E-state index contributed by atoms with van der Waals surface area (Å²) in [5.41, 5.74) is 2.68. The van der Waals surface area contributed by atoms with Crippen LogP contribution in [0.3, 0.4) is 0 Å². The SMILES string of the molecule is CCC(=O)N[C@H](Cc1ccc(NC(=O)[C@@H](C(=O)Nc2ccnn2C)C2CCCCCC2)cc1)C(=O)N1CCN(Cc2ccccc2)CC1.